The third-order valence-electron chi connectivity index (χ3n) is 4.82. The third-order valence-corrected chi connectivity index (χ3v) is 4.82. The van der Waals surface area contributed by atoms with Crippen LogP contribution in [0.4, 0.5) is 16.2 Å². The second-order valence-corrected chi connectivity index (χ2v) is 7.46. The molecular formula is C22H25N3O3. The van der Waals surface area contributed by atoms with E-state index in [0.29, 0.717) is 17.1 Å². The average molecular weight is 379 g/mol. The number of rotatable bonds is 4. The number of amides is 3. The van der Waals surface area contributed by atoms with Gasteiger partial charge in [-0.05, 0) is 50.1 Å². The molecule has 1 aliphatic heterocycles. The van der Waals surface area contributed by atoms with Crippen molar-refractivity contribution < 1.29 is 14.3 Å². The van der Waals surface area contributed by atoms with Crippen LogP contribution in [0.3, 0.4) is 0 Å². The molecule has 0 fully saturated rings. The number of ether oxygens (including phenoxy) is 1. The van der Waals surface area contributed by atoms with Crippen LogP contribution in [0.15, 0.2) is 49.0 Å². The fourth-order valence-corrected chi connectivity index (χ4v) is 3.09. The van der Waals surface area contributed by atoms with E-state index in [-0.39, 0.29) is 18.5 Å². The predicted molar refractivity (Wildman–Crippen MR) is 112 cm³/mol. The summed E-state index contributed by atoms with van der Waals surface area (Å²) < 4.78 is 5.55. The van der Waals surface area contributed by atoms with Gasteiger partial charge in [0.1, 0.15) is 0 Å². The Morgan fingerprint density at radius 3 is 2.64 bits per heavy atom. The highest BCUT2D eigenvalue weighted by Gasteiger charge is 2.27. The van der Waals surface area contributed by atoms with Gasteiger partial charge >= 0.3 is 6.03 Å². The summed E-state index contributed by atoms with van der Waals surface area (Å²) in [5, 5.41) is 5.84. The van der Waals surface area contributed by atoms with E-state index in [1.54, 1.807) is 25.2 Å². The Hall–Kier alpha value is -3.28. The van der Waals surface area contributed by atoms with E-state index in [4.69, 9.17) is 4.74 Å². The van der Waals surface area contributed by atoms with E-state index >= 15 is 0 Å². The summed E-state index contributed by atoms with van der Waals surface area (Å²) in [6, 6.07) is 12.9. The van der Waals surface area contributed by atoms with Gasteiger partial charge in [0.2, 0.25) is 0 Å². The van der Waals surface area contributed by atoms with Crippen LogP contribution in [0.25, 0.3) is 5.57 Å². The van der Waals surface area contributed by atoms with Gasteiger partial charge in [-0.15, -0.1) is 0 Å². The summed E-state index contributed by atoms with van der Waals surface area (Å²) in [5.74, 6) is 0.356. The van der Waals surface area contributed by atoms with Gasteiger partial charge in [0, 0.05) is 7.05 Å². The van der Waals surface area contributed by atoms with Crippen LogP contribution >= 0.6 is 0 Å². The van der Waals surface area contributed by atoms with Crippen LogP contribution in [-0.4, -0.2) is 25.6 Å². The monoisotopic (exact) mass is 379 g/mol. The fourth-order valence-electron chi connectivity index (χ4n) is 3.09. The van der Waals surface area contributed by atoms with Crippen LogP contribution in [0.5, 0.6) is 5.75 Å². The second-order valence-electron chi connectivity index (χ2n) is 7.46. The number of urea groups is 1. The topological polar surface area (TPSA) is 70.7 Å². The van der Waals surface area contributed by atoms with Crippen molar-refractivity contribution >= 4 is 28.9 Å². The number of allylic oxidation sites excluding steroid dienone is 1. The zero-order valence-electron chi connectivity index (χ0n) is 16.6. The minimum atomic E-state index is -0.599. The van der Waals surface area contributed by atoms with Crippen molar-refractivity contribution in [3.05, 3.63) is 60.2 Å². The summed E-state index contributed by atoms with van der Waals surface area (Å²) in [7, 11) is 1.69. The number of anilines is 2. The largest absolute Gasteiger partial charge is 0.479 e. The van der Waals surface area contributed by atoms with Crippen molar-refractivity contribution in [1.29, 1.82) is 0 Å². The number of hydrogen-bond donors (Lipinski definition) is 2. The quantitative estimate of drug-likeness (QED) is 0.839. The molecule has 1 aliphatic rings. The Kier molecular flexibility index (Phi) is 5.14. The standard InChI is InChI=1S/C22H25N3O3/c1-14(2)15-8-6-9-16(12-15)22(3,4)24-21(27)23-17-10-7-11-18-20(17)28-13-19(26)25(18)5/h6-12H,1,13H2,2-5H3,(H2,23,24,27). The molecule has 0 unspecified atom stereocenters. The van der Waals surface area contributed by atoms with Gasteiger partial charge in [-0.2, -0.15) is 0 Å². The summed E-state index contributed by atoms with van der Waals surface area (Å²) in [4.78, 5) is 26.0. The van der Waals surface area contributed by atoms with Crippen molar-refractivity contribution in [3.63, 3.8) is 0 Å². The van der Waals surface area contributed by atoms with Crippen molar-refractivity contribution in [1.82, 2.24) is 5.32 Å². The molecule has 0 saturated carbocycles. The van der Waals surface area contributed by atoms with Gasteiger partial charge in [-0.25, -0.2) is 4.79 Å². The van der Waals surface area contributed by atoms with Gasteiger partial charge < -0.3 is 20.3 Å². The SMILES string of the molecule is C=C(C)c1cccc(C(C)(C)NC(=O)Nc2cccc3c2OCC(=O)N3C)c1. The first-order chi connectivity index (χ1) is 13.2. The lowest BCUT2D eigenvalue weighted by molar-refractivity contribution is -0.120. The van der Waals surface area contributed by atoms with Gasteiger partial charge in [0.05, 0.1) is 16.9 Å². The Labute approximate surface area is 165 Å². The van der Waals surface area contributed by atoms with Crippen molar-refractivity contribution in [2.24, 2.45) is 0 Å². The smallest absolute Gasteiger partial charge is 0.320 e. The molecule has 2 aromatic rings. The van der Waals surface area contributed by atoms with E-state index in [9.17, 15) is 9.59 Å². The molecule has 0 atom stereocenters. The first-order valence-electron chi connectivity index (χ1n) is 9.07. The van der Waals surface area contributed by atoms with Crippen LogP contribution in [0.1, 0.15) is 31.9 Å². The molecule has 146 valence electrons. The highest BCUT2D eigenvalue weighted by atomic mass is 16.5. The van der Waals surface area contributed by atoms with Crippen LogP contribution in [0, 0.1) is 0 Å². The summed E-state index contributed by atoms with van der Waals surface area (Å²) in [6.07, 6.45) is 0. The molecule has 0 saturated heterocycles. The lowest BCUT2D eigenvalue weighted by Crippen LogP contribution is -2.43. The Balaban J connectivity index is 1.78. The third kappa shape index (κ3) is 3.86. The number of carbonyl (C=O) groups excluding carboxylic acids is 2. The molecule has 0 bridgehead atoms. The van der Waals surface area contributed by atoms with Crippen molar-refractivity contribution in [2.45, 2.75) is 26.3 Å². The predicted octanol–water partition coefficient (Wildman–Crippen LogP) is 4.13. The Bertz CT molecular complexity index is 950. The maximum Gasteiger partial charge on any atom is 0.320 e. The Morgan fingerprint density at radius 2 is 1.93 bits per heavy atom. The van der Waals surface area contributed by atoms with Gasteiger partial charge in [-0.1, -0.05) is 36.4 Å². The maximum absolute atomic E-state index is 12.7. The molecule has 0 aliphatic carbocycles. The minimum Gasteiger partial charge on any atom is -0.479 e. The first kappa shape index (κ1) is 19.5. The number of carbonyl (C=O) groups is 2. The summed E-state index contributed by atoms with van der Waals surface area (Å²) in [6.45, 7) is 9.75. The molecule has 0 radical (unpaired) electrons. The number of hydrogen-bond acceptors (Lipinski definition) is 3. The number of likely N-dealkylation sites (N-methyl/N-ethyl adjacent to an activating group) is 1. The zero-order valence-corrected chi connectivity index (χ0v) is 16.6. The lowest BCUT2D eigenvalue weighted by atomic mass is 9.92. The first-order valence-corrected chi connectivity index (χ1v) is 9.07. The summed E-state index contributed by atoms with van der Waals surface area (Å²) in [5.41, 5.74) is 3.51. The molecule has 3 rings (SSSR count). The lowest BCUT2D eigenvalue weighted by Gasteiger charge is -2.29. The molecule has 0 aromatic heterocycles. The molecule has 6 nitrogen and oxygen atoms in total. The second kappa shape index (κ2) is 7.38. The highest BCUT2D eigenvalue weighted by molar-refractivity contribution is 6.01. The number of fused-ring (bicyclic) bond motifs is 1. The minimum absolute atomic E-state index is 0.0526. The van der Waals surface area contributed by atoms with E-state index in [0.717, 1.165) is 16.7 Å². The average Bonchev–Trinajstić information content (AvgIpc) is 2.64. The molecule has 28 heavy (non-hydrogen) atoms. The van der Waals surface area contributed by atoms with Gasteiger partial charge in [-0.3, -0.25) is 4.79 Å². The maximum atomic E-state index is 12.7. The normalized spacial score (nSPS) is 13.4. The molecule has 0 spiro atoms. The number of nitrogens with one attached hydrogen (secondary N) is 2. The Morgan fingerprint density at radius 1 is 1.21 bits per heavy atom. The van der Waals surface area contributed by atoms with Gasteiger partial charge in [0.15, 0.2) is 12.4 Å². The van der Waals surface area contributed by atoms with Crippen LogP contribution < -0.4 is 20.3 Å². The number of para-hydroxylation sites is 1. The molecule has 2 aromatic carbocycles. The molecule has 6 heteroatoms. The van der Waals surface area contributed by atoms with E-state index in [2.05, 4.69) is 17.2 Å². The van der Waals surface area contributed by atoms with Crippen LogP contribution in [0.2, 0.25) is 0 Å². The number of nitrogens with zero attached hydrogens (tertiary/aromatic N) is 1. The number of benzene rings is 2. The van der Waals surface area contributed by atoms with Crippen LogP contribution in [-0.2, 0) is 10.3 Å². The fraction of sp³-hybridized carbons (Fsp3) is 0.273. The molecule has 3 amide bonds. The summed E-state index contributed by atoms with van der Waals surface area (Å²) >= 11 is 0. The van der Waals surface area contributed by atoms with Crippen molar-refractivity contribution in [3.8, 4) is 5.75 Å². The van der Waals surface area contributed by atoms with E-state index < -0.39 is 5.54 Å². The zero-order chi connectivity index (χ0) is 20.5. The molecule has 2 N–H and O–H groups in total. The molecule has 1 heterocycles. The van der Waals surface area contributed by atoms with E-state index in [1.165, 1.54) is 4.90 Å². The molecular weight excluding hydrogens is 354 g/mol. The highest BCUT2D eigenvalue weighted by Crippen LogP contribution is 2.38. The van der Waals surface area contributed by atoms with Gasteiger partial charge in [0.25, 0.3) is 5.91 Å². The van der Waals surface area contributed by atoms with E-state index in [1.807, 2.05) is 45.0 Å². The van der Waals surface area contributed by atoms with Crippen molar-refractivity contribution in [2.75, 3.05) is 23.9 Å².